The smallest absolute Gasteiger partial charge is 0.253 e. The van der Waals surface area contributed by atoms with Crippen molar-refractivity contribution in [3.63, 3.8) is 0 Å². The lowest BCUT2D eigenvalue weighted by atomic mass is 10.1. The lowest BCUT2D eigenvalue weighted by Gasteiger charge is -2.31. The number of H-pyrrole nitrogens is 1. The number of hydrogen-bond donors (Lipinski definition) is 2. The van der Waals surface area contributed by atoms with Crippen LogP contribution in [-0.2, 0) is 11.3 Å². The quantitative estimate of drug-likeness (QED) is 0.518. The van der Waals surface area contributed by atoms with Crippen LogP contribution >= 0.6 is 12.2 Å². The highest BCUT2D eigenvalue weighted by molar-refractivity contribution is 7.80. The molecule has 0 aliphatic carbocycles. The summed E-state index contributed by atoms with van der Waals surface area (Å²) in [6, 6.07) is 15.7. The van der Waals surface area contributed by atoms with E-state index in [9.17, 15) is 4.79 Å². The summed E-state index contributed by atoms with van der Waals surface area (Å²) in [6.45, 7) is 7.31. The molecule has 0 radical (unpaired) electrons. The Balaban J connectivity index is 1.56. The minimum atomic E-state index is -0.109. The Hall–Kier alpha value is -2.94. The Labute approximate surface area is 199 Å². The number of nitrogens with one attached hydrogen (secondary N) is 2. The number of nitrogens with zero attached hydrogens (tertiary/aromatic N) is 2. The highest BCUT2D eigenvalue weighted by atomic mass is 32.1. The third kappa shape index (κ3) is 6.10. The number of ether oxygens (including phenoxy) is 2. The molecule has 0 spiro atoms. The average Bonchev–Trinajstić information content (AvgIpc) is 2.82. The van der Waals surface area contributed by atoms with Gasteiger partial charge in [-0.1, -0.05) is 12.1 Å². The van der Waals surface area contributed by atoms with Crippen LogP contribution in [0.5, 0.6) is 5.75 Å². The molecule has 1 aliphatic heterocycles. The number of aromatic amines is 1. The van der Waals surface area contributed by atoms with Crippen LogP contribution in [0.2, 0.25) is 0 Å². The van der Waals surface area contributed by atoms with Crippen molar-refractivity contribution < 1.29 is 9.47 Å². The Morgan fingerprint density at radius 2 is 2.03 bits per heavy atom. The van der Waals surface area contributed by atoms with Crippen molar-refractivity contribution >= 4 is 33.9 Å². The Morgan fingerprint density at radius 1 is 1.21 bits per heavy atom. The van der Waals surface area contributed by atoms with E-state index in [0.29, 0.717) is 23.8 Å². The predicted octanol–water partition coefficient (Wildman–Crippen LogP) is 3.38. The molecular formula is C25H30N4O3S. The van der Waals surface area contributed by atoms with E-state index < -0.39 is 0 Å². The molecule has 1 aliphatic rings. The predicted molar refractivity (Wildman–Crippen MR) is 136 cm³/mol. The van der Waals surface area contributed by atoms with Gasteiger partial charge in [-0.15, -0.1) is 0 Å². The monoisotopic (exact) mass is 466 g/mol. The number of methoxy groups -OCH3 is 1. The lowest BCUT2D eigenvalue weighted by Crippen LogP contribution is -2.44. The molecule has 4 rings (SSSR count). The first-order chi connectivity index (χ1) is 16.0. The van der Waals surface area contributed by atoms with Gasteiger partial charge in [0.2, 0.25) is 0 Å². The number of aromatic nitrogens is 1. The summed E-state index contributed by atoms with van der Waals surface area (Å²) in [7, 11) is 1.64. The van der Waals surface area contributed by atoms with Gasteiger partial charge in [-0.2, -0.15) is 0 Å². The molecule has 0 saturated carbocycles. The van der Waals surface area contributed by atoms with Crippen molar-refractivity contribution in [1.29, 1.82) is 0 Å². The minimum Gasteiger partial charge on any atom is -0.497 e. The molecule has 2 N–H and O–H groups in total. The summed E-state index contributed by atoms with van der Waals surface area (Å²) in [5.41, 5.74) is 3.43. The van der Waals surface area contributed by atoms with Gasteiger partial charge in [0.05, 0.1) is 26.9 Å². The van der Waals surface area contributed by atoms with Gasteiger partial charge in [-0.25, -0.2) is 0 Å². The zero-order chi connectivity index (χ0) is 23.2. The Bertz CT molecular complexity index is 1170. The molecule has 3 aromatic rings. The highest BCUT2D eigenvalue weighted by Gasteiger charge is 2.17. The maximum atomic E-state index is 12.9. The highest BCUT2D eigenvalue weighted by Crippen LogP contribution is 2.19. The Morgan fingerprint density at radius 3 is 2.79 bits per heavy atom. The van der Waals surface area contributed by atoms with Gasteiger partial charge in [-0.05, 0) is 61.1 Å². The largest absolute Gasteiger partial charge is 0.497 e. The van der Waals surface area contributed by atoms with E-state index >= 15 is 0 Å². The van der Waals surface area contributed by atoms with E-state index in [-0.39, 0.29) is 5.56 Å². The number of hydrogen-bond acceptors (Lipinski definition) is 5. The summed E-state index contributed by atoms with van der Waals surface area (Å²) in [6.07, 6.45) is 0. The van der Waals surface area contributed by atoms with Gasteiger partial charge in [0, 0.05) is 48.3 Å². The molecule has 8 heteroatoms. The van der Waals surface area contributed by atoms with Gasteiger partial charge < -0.3 is 24.7 Å². The number of morpholine rings is 1. The van der Waals surface area contributed by atoms with Crippen LogP contribution in [0, 0.1) is 6.92 Å². The third-order valence-corrected chi connectivity index (χ3v) is 6.20. The van der Waals surface area contributed by atoms with Gasteiger partial charge in [0.15, 0.2) is 5.11 Å². The number of anilines is 1. The summed E-state index contributed by atoms with van der Waals surface area (Å²) in [5, 5.41) is 4.87. The molecule has 1 aromatic heterocycles. The zero-order valence-electron chi connectivity index (χ0n) is 19.1. The second-order valence-corrected chi connectivity index (χ2v) is 8.64. The molecule has 0 atom stereocenters. The normalized spacial score (nSPS) is 14.2. The fourth-order valence-corrected chi connectivity index (χ4v) is 4.22. The van der Waals surface area contributed by atoms with Crippen LogP contribution in [0.15, 0.2) is 53.3 Å². The van der Waals surface area contributed by atoms with E-state index in [0.717, 1.165) is 60.8 Å². The van der Waals surface area contributed by atoms with Crippen molar-refractivity contribution in [3.05, 3.63) is 70.0 Å². The maximum absolute atomic E-state index is 12.9. The molecule has 174 valence electrons. The minimum absolute atomic E-state index is 0.109. The van der Waals surface area contributed by atoms with Crippen LogP contribution < -0.4 is 15.6 Å². The number of rotatable bonds is 7. The van der Waals surface area contributed by atoms with Crippen LogP contribution in [0.1, 0.15) is 11.1 Å². The number of pyridine rings is 1. The van der Waals surface area contributed by atoms with Gasteiger partial charge in [0.25, 0.3) is 5.56 Å². The number of benzene rings is 2. The summed E-state index contributed by atoms with van der Waals surface area (Å²) in [5.74, 6) is 0.751. The molecule has 0 amide bonds. The van der Waals surface area contributed by atoms with Crippen LogP contribution in [0.4, 0.5) is 5.69 Å². The van der Waals surface area contributed by atoms with Gasteiger partial charge in [-0.3, -0.25) is 9.69 Å². The van der Waals surface area contributed by atoms with Crippen LogP contribution in [0.3, 0.4) is 0 Å². The van der Waals surface area contributed by atoms with Gasteiger partial charge in [0.1, 0.15) is 5.75 Å². The topological polar surface area (TPSA) is 69.8 Å². The molecule has 0 bridgehead atoms. The molecule has 33 heavy (non-hydrogen) atoms. The van der Waals surface area contributed by atoms with E-state index in [4.69, 9.17) is 21.7 Å². The van der Waals surface area contributed by atoms with E-state index in [1.807, 2.05) is 49.4 Å². The second kappa shape index (κ2) is 10.8. The molecule has 1 fully saturated rings. The van der Waals surface area contributed by atoms with Crippen LogP contribution in [0.25, 0.3) is 10.9 Å². The summed E-state index contributed by atoms with van der Waals surface area (Å²) in [4.78, 5) is 20.3. The number of fused-ring (bicyclic) bond motifs is 1. The van der Waals surface area contributed by atoms with Crippen LogP contribution in [-0.4, -0.2) is 66.4 Å². The fraction of sp³-hybridized carbons (Fsp3) is 0.360. The Kier molecular flexibility index (Phi) is 7.59. The molecule has 0 unspecified atom stereocenters. The van der Waals surface area contributed by atoms with Crippen molar-refractivity contribution in [2.75, 3.05) is 51.8 Å². The molecule has 2 heterocycles. The standard InChI is InChI=1S/C25H30N4O3S/c1-18-4-3-5-21(14-18)26-25(33)29(9-8-28-10-12-32-13-11-28)17-20-15-19-16-22(31-2)6-7-23(19)27-24(20)30/h3-7,14-16H,8-13,17H2,1-2H3,(H,26,33)(H,27,30). The summed E-state index contributed by atoms with van der Waals surface area (Å²) < 4.78 is 10.8. The van der Waals surface area contributed by atoms with Crippen molar-refractivity contribution in [3.8, 4) is 5.75 Å². The van der Waals surface area contributed by atoms with E-state index in [2.05, 4.69) is 26.2 Å². The molecule has 1 saturated heterocycles. The third-order valence-electron chi connectivity index (χ3n) is 5.84. The lowest BCUT2D eigenvalue weighted by molar-refractivity contribution is 0.0358. The first-order valence-corrected chi connectivity index (χ1v) is 11.6. The maximum Gasteiger partial charge on any atom is 0.253 e. The average molecular weight is 467 g/mol. The number of aryl methyl sites for hydroxylation is 1. The first-order valence-electron chi connectivity index (χ1n) is 11.1. The van der Waals surface area contributed by atoms with E-state index in [1.54, 1.807) is 7.11 Å². The van der Waals surface area contributed by atoms with Crippen molar-refractivity contribution in [1.82, 2.24) is 14.8 Å². The van der Waals surface area contributed by atoms with Gasteiger partial charge >= 0.3 is 0 Å². The second-order valence-electron chi connectivity index (χ2n) is 8.25. The van der Waals surface area contributed by atoms with Crippen molar-refractivity contribution in [2.45, 2.75) is 13.5 Å². The van der Waals surface area contributed by atoms with E-state index in [1.165, 1.54) is 0 Å². The first kappa shape index (κ1) is 23.2. The SMILES string of the molecule is COc1ccc2[nH]c(=O)c(CN(CCN3CCOCC3)C(=S)Nc3cccc(C)c3)cc2c1. The number of thiocarbonyl (C=S) groups is 1. The van der Waals surface area contributed by atoms with Crippen molar-refractivity contribution in [2.24, 2.45) is 0 Å². The zero-order valence-corrected chi connectivity index (χ0v) is 19.9. The molecular weight excluding hydrogens is 436 g/mol. The summed E-state index contributed by atoms with van der Waals surface area (Å²) >= 11 is 5.78. The fourth-order valence-electron chi connectivity index (χ4n) is 3.94. The molecule has 7 nitrogen and oxygen atoms in total. The molecule has 2 aromatic carbocycles.